The molecule has 0 fully saturated rings. The summed E-state index contributed by atoms with van der Waals surface area (Å²) in [7, 11) is -3.57. The fraction of sp³-hybridized carbons (Fsp3) is 0.357. The fourth-order valence-corrected chi connectivity index (χ4v) is 9.09. The molecule has 0 saturated carbocycles. The van der Waals surface area contributed by atoms with Gasteiger partial charge in [-0.05, 0) is 47.9 Å². The highest BCUT2D eigenvalue weighted by Crippen LogP contribution is 2.39. The Kier molecular flexibility index (Phi) is 7.28. The van der Waals surface area contributed by atoms with E-state index in [4.69, 9.17) is 4.43 Å². The van der Waals surface area contributed by atoms with Crippen LogP contribution in [0.15, 0.2) is 84.9 Å². The van der Waals surface area contributed by atoms with Gasteiger partial charge in [-0.15, -0.1) is 0 Å². The van der Waals surface area contributed by atoms with Gasteiger partial charge in [0.1, 0.15) is 5.75 Å². The first-order valence-electron chi connectivity index (χ1n) is 11.4. The average Bonchev–Trinajstić information content (AvgIpc) is 2.70. The van der Waals surface area contributed by atoms with Gasteiger partial charge in [-0.3, -0.25) is 0 Å². The van der Waals surface area contributed by atoms with Gasteiger partial charge in [0.15, 0.2) is 0 Å². The second-order valence-corrected chi connectivity index (χ2v) is 20.2. The Morgan fingerprint density at radius 1 is 0.613 bits per heavy atom. The number of rotatable bonds is 8. The van der Waals surface area contributed by atoms with Crippen LogP contribution in [-0.2, 0) is 18.1 Å². The molecule has 0 aliphatic heterocycles. The van der Waals surface area contributed by atoms with Crippen molar-refractivity contribution in [3.8, 4) is 5.75 Å². The molecule has 0 heterocycles. The SMILES string of the molecule is CC(C)(C)[Si](C)(C)Oc1ccccc1C[Si](C)(Cc1ccccc1)Cc1ccccc1. The summed E-state index contributed by atoms with van der Waals surface area (Å²) < 4.78 is 6.80. The van der Waals surface area contributed by atoms with Crippen molar-refractivity contribution in [3.05, 3.63) is 102 Å². The molecule has 0 N–H and O–H groups in total. The predicted octanol–water partition coefficient (Wildman–Crippen LogP) is 7.79. The first-order valence-corrected chi connectivity index (χ1v) is 17.5. The van der Waals surface area contributed by atoms with Gasteiger partial charge >= 0.3 is 0 Å². The van der Waals surface area contributed by atoms with Crippen LogP contribution in [0.3, 0.4) is 0 Å². The van der Waals surface area contributed by atoms with Crippen LogP contribution in [0, 0.1) is 0 Å². The Morgan fingerprint density at radius 2 is 1.06 bits per heavy atom. The highest BCUT2D eigenvalue weighted by molar-refractivity contribution is 6.77. The van der Waals surface area contributed by atoms with Crippen LogP contribution in [0.4, 0.5) is 0 Å². The molecule has 0 radical (unpaired) electrons. The minimum Gasteiger partial charge on any atom is -0.543 e. The van der Waals surface area contributed by atoms with E-state index in [-0.39, 0.29) is 5.04 Å². The zero-order chi connectivity index (χ0) is 22.5. The van der Waals surface area contributed by atoms with E-state index in [0.717, 1.165) is 11.8 Å². The highest BCUT2D eigenvalue weighted by Gasteiger charge is 2.39. The minimum atomic E-state index is -1.89. The largest absolute Gasteiger partial charge is 0.543 e. The van der Waals surface area contributed by atoms with Crippen LogP contribution in [0.5, 0.6) is 5.75 Å². The summed E-state index contributed by atoms with van der Waals surface area (Å²) in [6.07, 6.45) is 0. The lowest BCUT2D eigenvalue weighted by Gasteiger charge is -2.37. The van der Waals surface area contributed by atoms with Gasteiger partial charge in [0.25, 0.3) is 0 Å². The molecule has 0 aliphatic carbocycles. The molecular weight excluding hydrogens is 408 g/mol. The van der Waals surface area contributed by atoms with Crippen molar-refractivity contribution in [2.45, 2.75) is 63.6 Å². The normalized spacial score (nSPS) is 12.6. The van der Waals surface area contributed by atoms with Gasteiger partial charge in [0.2, 0.25) is 8.32 Å². The van der Waals surface area contributed by atoms with Crippen molar-refractivity contribution in [3.63, 3.8) is 0 Å². The minimum absolute atomic E-state index is 0.189. The van der Waals surface area contributed by atoms with Crippen LogP contribution >= 0.6 is 0 Å². The Morgan fingerprint density at radius 3 is 1.55 bits per heavy atom. The van der Waals surface area contributed by atoms with E-state index in [1.807, 2.05) is 0 Å². The van der Waals surface area contributed by atoms with E-state index in [0.29, 0.717) is 0 Å². The standard InChI is InChI=1S/C28H38OSi2/c1-28(2,3)30(4,5)29-27-20-14-13-19-26(27)23-31(6,21-24-15-9-7-10-16-24)22-25-17-11-8-12-18-25/h7-20H,21-23H2,1-6H3. The summed E-state index contributed by atoms with van der Waals surface area (Å²) in [5, 5.41) is 0.189. The van der Waals surface area contributed by atoms with Crippen molar-refractivity contribution in [1.29, 1.82) is 0 Å². The van der Waals surface area contributed by atoms with Crippen molar-refractivity contribution >= 4 is 16.4 Å². The van der Waals surface area contributed by atoms with E-state index in [9.17, 15) is 0 Å². The predicted molar refractivity (Wildman–Crippen MR) is 140 cm³/mol. The second-order valence-electron chi connectivity index (χ2n) is 10.8. The van der Waals surface area contributed by atoms with Crippen LogP contribution in [0.1, 0.15) is 37.5 Å². The molecule has 0 bridgehead atoms. The Hall–Kier alpha value is -2.11. The van der Waals surface area contributed by atoms with Crippen molar-refractivity contribution in [2.24, 2.45) is 0 Å². The number of benzene rings is 3. The van der Waals surface area contributed by atoms with Gasteiger partial charge in [-0.2, -0.15) is 0 Å². The number of hydrogen-bond donors (Lipinski definition) is 0. The first kappa shape index (κ1) is 23.6. The van der Waals surface area contributed by atoms with Crippen molar-refractivity contribution in [2.75, 3.05) is 0 Å². The lowest BCUT2D eigenvalue weighted by molar-refractivity contribution is 0.488. The molecule has 0 aromatic heterocycles. The van der Waals surface area contributed by atoms with Gasteiger partial charge in [0.05, 0.1) is 8.07 Å². The third-order valence-electron chi connectivity index (χ3n) is 6.71. The Bertz CT molecular complexity index is 918. The maximum Gasteiger partial charge on any atom is 0.250 e. The first-order chi connectivity index (χ1) is 14.6. The Labute approximate surface area is 191 Å². The molecular formula is C28H38OSi2. The number of hydrogen-bond acceptors (Lipinski definition) is 1. The lowest BCUT2D eigenvalue weighted by atomic mass is 10.2. The zero-order valence-electron chi connectivity index (χ0n) is 20.1. The highest BCUT2D eigenvalue weighted by atomic mass is 28.4. The van der Waals surface area contributed by atoms with E-state index in [1.165, 1.54) is 28.8 Å². The number of para-hydroxylation sites is 1. The quantitative estimate of drug-likeness (QED) is 0.321. The second kappa shape index (κ2) is 9.58. The molecule has 0 atom stereocenters. The van der Waals surface area contributed by atoms with Gasteiger partial charge < -0.3 is 4.43 Å². The monoisotopic (exact) mass is 446 g/mol. The van der Waals surface area contributed by atoms with E-state index in [1.54, 1.807) is 0 Å². The summed E-state index contributed by atoms with van der Waals surface area (Å²) in [6, 6.07) is 34.3. The van der Waals surface area contributed by atoms with Gasteiger partial charge in [-0.25, -0.2) is 0 Å². The summed E-state index contributed by atoms with van der Waals surface area (Å²) in [4.78, 5) is 0. The molecule has 3 heteroatoms. The van der Waals surface area contributed by atoms with Crippen molar-refractivity contribution < 1.29 is 4.43 Å². The lowest BCUT2D eigenvalue weighted by Crippen LogP contribution is -2.44. The fourth-order valence-electron chi connectivity index (χ4n) is 4.00. The van der Waals surface area contributed by atoms with Crippen LogP contribution in [-0.4, -0.2) is 16.4 Å². The Balaban J connectivity index is 1.93. The molecule has 31 heavy (non-hydrogen) atoms. The molecule has 1 nitrogen and oxygen atoms in total. The molecule has 0 amide bonds. The smallest absolute Gasteiger partial charge is 0.250 e. The van der Waals surface area contributed by atoms with E-state index >= 15 is 0 Å². The molecule has 0 unspecified atom stereocenters. The molecule has 164 valence electrons. The maximum absolute atomic E-state index is 6.80. The molecule has 0 aliphatic rings. The van der Waals surface area contributed by atoms with E-state index in [2.05, 4.69) is 125 Å². The third-order valence-corrected chi connectivity index (χ3v) is 14.8. The summed E-state index contributed by atoms with van der Waals surface area (Å²) in [5.41, 5.74) is 4.29. The molecule has 0 saturated heterocycles. The molecule has 3 aromatic carbocycles. The summed E-state index contributed by atoms with van der Waals surface area (Å²) in [6.45, 7) is 14.2. The van der Waals surface area contributed by atoms with Crippen LogP contribution < -0.4 is 4.43 Å². The summed E-state index contributed by atoms with van der Waals surface area (Å²) in [5.74, 6) is 1.11. The van der Waals surface area contributed by atoms with E-state index < -0.39 is 16.4 Å². The van der Waals surface area contributed by atoms with Gasteiger partial charge in [0, 0.05) is 0 Å². The topological polar surface area (TPSA) is 9.23 Å². The maximum atomic E-state index is 6.80. The molecule has 3 aromatic rings. The van der Waals surface area contributed by atoms with Crippen LogP contribution in [0.25, 0.3) is 0 Å². The van der Waals surface area contributed by atoms with Gasteiger partial charge in [-0.1, -0.05) is 117 Å². The average molecular weight is 447 g/mol. The summed E-state index contributed by atoms with van der Waals surface area (Å²) >= 11 is 0. The third kappa shape index (κ3) is 6.44. The zero-order valence-corrected chi connectivity index (χ0v) is 22.1. The molecule has 0 spiro atoms. The van der Waals surface area contributed by atoms with Crippen LogP contribution in [0.2, 0.25) is 24.7 Å². The van der Waals surface area contributed by atoms with Crippen molar-refractivity contribution in [1.82, 2.24) is 0 Å². The molecule has 3 rings (SSSR count).